The molecule has 0 amide bonds. The maximum Gasteiger partial charge on any atom is 0.157 e. The minimum absolute atomic E-state index is 0.191. The number of hydrogen-bond acceptors (Lipinski definition) is 6. The van der Waals surface area contributed by atoms with Crippen LogP contribution in [0.3, 0.4) is 0 Å². The van der Waals surface area contributed by atoms with Crippen LogP contribution in [0, 0.1) is 0 Å². The topological polar surface area (TPSA) is 65.6 Å². The fraction of sp³-hybridized carbons (Fsp3) is 0.333. The van der Waals surface area contributed by atoms with Crippen LogP contribution in [0.5, 0.6) is 5.75 Å². The van der Waals surface area contributed by atoms with E-state index in [0.717, 1.165) is 29.3 Å². The highest BCUT2D eigenvalue weighted by Crippen LogP contribution is 2.27. The number of rotatable bonds is 6. The van der Waals surface area contributed by atoms with Crippen LogP contribution < -0.4 is 4.74 Å². The standard InChI is InChI=1S/C18H20N4O3/c1-23-15-5-2-4-14(10-15)11-22-13-17(19-20-22)18-21(7-9-25-18)12-16-6-3-8-24-16/h2-6,8,10,13,18H,7,9,11-12H2,1H3/t18-/m0/s1. The Kier molecular flexibility index (Phi) is 4.49. The van der Waals surface area contributed by atoms with Crippen molar-refractivity contribution in [2.75, 3.05) is 20.3 Å². The van der Waals surface area contributed by atoms with Crippen LogP contribution in [-0.2, 0) is 17.8 Å². The summed E-state index contributed by atoms with van der Waals surface area (Å²) in [5.74, 6) is 1.75. The highest BCUT2D eigenvalue weighted by Gasteiger charge is 2.30. The average molecular weight is 340 g/mol. The lowest BCUT2D eigenvalue weighted by Gasteiger charge is -2.19. The van der Waals surface area contributed by atoms with E-state index in [1.165, 1.54) is 0 Å². The van der Waals surface area contributed by atoms with E-state index < -0.39 is 0 Å². The van der Waals surface area contributed by atoms with Crippen molar-refractivity contribution in [3.8, 4) is 5.75 Å². The van der Waals surface area contributed by atoms with Gasteiger partial charge in [-0.3, -0.25) is 4.90 Å². The average Bonchev–Trinajstić information content (AvgIpc) is 3.37. The second-order valence-corrected chi connectivity index (χ2v) is 5.97. The van der Waals surface area contributed by atoms with Gasteiger partial charge in [-0.1, -0.05) is 17.3 Å². The summed E-state index contributed by atoms with van der Waals surface area (Å²) in [5.41, 5.74) is 1.92. The molecule has 7 heteroatoms. The summed E-state index contributed by atoms with van der Waals surface area (Å²) in [6, 6.07) is 11.8. The lowest BCUT2D eigenvalue weighted by Crippen LogP contribution is -2.23. The van der Waals surface area contributed by atoms with Gasteiger partial charge in [0.05, 0.1) is 39.3 Å². The summed E-state index contributed by atoms with van der Waals surface area (Å²) < 4.78 is 18.4. The number of benzene rings is 1. The third-order valence-corrected chi connectivity index (χ3v) is 4.21. The molecule has 4 rings (SSSR count). The Hall–Kier alpha value is -2.64. The first-order valence-corrected chi connectivity index (χ1v) is 8.23. The van der Waals surface area contributed by atoms with Gasteiger partial charge in [0.2, 0.25) is 0 Å². The summed E-state index contributed by atoms with van der Waals surface area (Å²) in [6.45, 7) is 2.84. The summed E-state index contributed by atoms with van der Waals surface area (Å²) in [4.78, 5) is 2.19. The van der Waals surface area contributed by atoms with Gasteiger partial charge in [0.1, 0.15) is 17.2 Å². The van der Waals surface area contributed by atoms with E-state index in [2.05, 4.69) is 15.2 Å². The SMILES string of the molecule is COc1cccc(Cn2cc([C@@H]3OCCN3Cc3ccco3)nn2)c1. The van der Waals surface area contributed by atoms with Gasteiger partial charge in [-0.2, -0.15) is 0 Å². The number of aromatic nitrogens is 3. The molecule has 1 saturated heterocycles. The second kappa shape index (κ2) is 7.08. The van der Waals surface area contributed by atoms with Crippen molar-refractivity contribution in [2.24, 2.45) is 0 Å². The first-order valence-electron chi connectivity index (χ1n) is 8.23. The molecule has 7 nitrogen and oxygen atoms in total. The Labute approximate surface area is 145 Å². The minimum atomic E-state index is -0.191. The quantitative estimate of drug-likeness (QED) is 0.687. The number of nitrogens with zero attached hydrogens (tertiary/aromatic N) is 4. The zero-order chi connectivity index (χ0) is 17.1. The minimum Gasteiger partial charge on any atom is -0.497 e. The number of methoxy groups -OCH3 is 1. The maximum absolute atomic E-state index is 5.85. The van der Waals surface area contributed by atoms with Crippen molar-refractivity contribution < 1.29 is 13.9 Å². The van der Waals surface area contributed by atoms with Crippen LogP contribution >= 0.6 is 0 Å². The molecule has 1 aliphatic heterocycles. The Morgan fingerprint density at radius 3 is 3.04 bits per heavy atom. The molecule has 0 unspecified atom stereocenters. The van der Waals surface area contributed by atoms with Crippen molar-refractivity contribution in [1.82, 2.24) is 19.9 Å². The largest absolute Gasteiger partial charge is 0.497 e. The molecule has 1 aliphatic rings. The van der Waals surface area contributed by atoms with Crippen LogP contribution in [0.2, 0.25) is 0 Å². The maximum atomic E-state index is 5.85. The van der Waals surface area contributed by atoms with E-state index in [4.69, 9.17) is 13.9 Å². The van der Waals surface area contributed by atoms with Crippen molar-refractivity contribution >= 4 is 0 Å². The van der Waals surface area contributed by atoms with Gasteiger partial charge >= 0.3 is 0 Å². The Morgan fingerprint density at radius 1 is 1.24 bits per heavy atom. The predicted molar refractivity (Wildman–Crippen MR) is 89.9 cm³/mol. The summed E-state index contributed by atoms with van der Waals surface area (Å²) in [7, 11) is 1.66. The Balaban J connectivity index is 1.46. The van der Waals surface area contributed by atoms with Crippen LogP contribution in [0.25, 0.3) is 0 Å². The Bertz CT molecular complexity index is 815. The molecule has 130 valence electrons. The van der Waals surface area contributed by atoms with Crippen LogP contribution in [0.4, 0.5) is 0 Å². The molecule has 3 aromatic rings. The molecule has 3 heterocycles. The third kappa shape index (κ3) is 3.57. The summed E-state index contributed by atoms with van der Waals surface area (Å²) >= 11 is 0. The van der Waals surface area contributed by atoms with Gasteiger partial charge in [-0.15, -0.1) is 5.10 Å². The van der Waals surface area contributed by atoms with Gasteiger partial charge in [0.25, 0.3) is 0 Å². The lowest BCUT2D eigenvalue weighted by molar-refractivity contribution is 0.0223. The normalized spacial score (nSPS) is 17.9. The van der Waals surface area contributed by atoms with Gasteiger partial charge in [0.15, 0.2) is 6.23 Å². The van der Waals surface area contributed by atoms with Gasteiger partial charge in [0, 0.05) is 6.54 Å². The molecule has 0 N–H and O–H groups in total. The van der Waals surface area contributed by atoms with E-state index in [9.17, 15) is 0 Å². The molecule has 1 aromatic carbocycles. The highest BCUT2D eigenvalue weighted by molar-refractivity contribution is 5.28. The molecule has 0 radical (unpaired) electrons. The lowest BCUT2D eigenvalue weighted by atomic mass is 10.2. The van der Waals surface area contributed by atoms with Crippen LogP contribution in [0.15, 0.2) is 53.3 Å². The van der Waals surface area contributed by atoms with Gasteiger partial charge < -0.3 is 13.9 Å². The molecule has 2 aromatic heterocycles. The molecule has 0 bridgehead atoms. The molecular formula is C18H20N4O3. The zero-order valence-corrected chi connectivity index (χ0v) is 14.0. The van der Waals surface area contributed by atoms with Crippen molar-refractivity contribution in [1.29, 1.82) is 0 Å². The van der Waals surface area contributed by atoms with Crippen molar-refractivity contribution in [3.63, 3.8) is 0 Å². The van der Waals surface area contributed by atoms with E-state index in [-0.39, 0.29) is 6.23 Å². The molecule has 25 heavy (non-hydrogen) atoms. The third-order valence-electron chi connectivity index (χ3n) is 4.21. The summed E-state index contributed by atoms with van der Waals surface area (Å²) in [5, 5.41) is 8.54. The number of ether oxygens (including phenoxy) is 2. The first-order chi connectivity index (χ1) is 12.3. The molecule has 0 aliphatic carbocycles. The summed E-state index contributed by atoms with van der Waals surface area (Å²) in [6.07, 6.45) is 3.43. The predicted octanol–water partition coefficient (Wildman–Crippen LogP) is 2.46. The monoisotopic (exact) mass is 340 g/mol. The number of hydrogen-bond donors (Lipinski definition) is 0. The molecule has 0 saturated carbocycles. The Morgan fingerprint density at radius 2 is 2.20 bits per heavy atom. The van der Waals surface area contributed by atoms with Crippen LogP contribution in [0.1, 0.15) is 23.2 Å². The molecule has 1 atom stereocenters. The number of furan rings is 1. The van der Waals surface area contributed by atoms with Crippen molar-refractivity contribution in [3.05, 3.63) is 65.9 Å². The van der Waals surface area contributed by atoms with Crippen molar-refractivity contribution in [2.45, 2.75) is 19.3 Å². The van der Waals surface area contributed by atoms with E-state index >= 15 is 0 Å². The fourth-order valence-corrected chi connectivity index (χ4v) is 3.00. The molecule has 1 fully saturated rings. The van der Waals surface area contributed by atoms with Gasteiger partial charge in [-0.05, 0) is 29.8 Å². The first kappa shape index (κ1) is 15.9. The zero-order valence-electron chi connectivity index (χ0n) is 14.0. The smallest absolute Gasteiger partial charge is 0.157 e. The van der Waals surface area contributed by atoms with E-state index in [1.54, 1.807) is 13.4 Å². The van der Waals surface area contributed by atoms with Gasteiger partial charge in [-0.25, -0.2) is 4.68 Å². The van der Waals surface area contributed by atoms with E-state index in [0.29, 0.717) is 19.7 Å². The molecule has 0 spiro atoms. The highest BCUT2D eigenvalue weighted by atomic mass is 16.5. The molecular weight excluding hydrogens is 320 g/mol. The van der Waals surface area contributed by atoms with Crippen LogP contribution in [-0.4, -0.2) is 40.2 Å². The van der Waals surface area contributed by atoms with E-state index in [1.807, 2.05) is 47.3 Å². The fourth-order valence-electron chi connectivity index (χ4n) is 3.00. The second-order valence-electron chi connectivity index (χ2n) is 5.97.